The van der Waals surface area contributed by atoms with E-state index in [2.05, 4.69) is 54.1 Å². The molecule has 0 N–H and O–H groups in total. The number of benzene rings is 2. The Hall–Kier alpha value is -3.33. The van der Waals surface area contributed by atoms with Gasteiger partial charge in [-0.25, -0.2) is 0 Å². The average molecular weight is 358 g/mol. The monoisotopic (exact) mass is 358 g/mol. The van der Waals surface area contributed by atoms with Gasteiger partial charge in [0.1, 0.15) is 18.5 Å². The number of hydrogen-bond acceptors (Lipinski definition) is 2. The van der Waals surface area contributed by atoms with E-state index >= 15 is 0 Å². The summed E-state index contributed by atoms with van der Waals surface area (Å²) in [4.78, 5) is 0. The summed E-state index contributed by atoms with van der Waals surface area (Å²) in [5, 5.41) is 0. The molecule has 0 aliphatic heterocycles. The first-order valence-corrected chi connectivity index (χ1v) is 8.83. The molecule has 27 heavy (non-hydrogen) atoms. The van der Waals surface area contributed by atoms with Gasteiger partial charge in [-0.15, -0.1) is 0 Å². The van der Waals surface area contributed by atoms with Gasteiger partial charge in [0.25, 0.3) is 0 Å². The Bertz CT molecular complexity index is 863. The van der Waals surface area contributed by atoms with E-state index in [1.54, 1.807) is 14.2 Å². The molecular weight excluding hydrogens is 334 g/mol. The molecule has 0 amide bonds. The van der Waals surface area contributed by atoms with Crippen molar-refractivity contribution in [2.45, 2.75) is 0 Å². The summed E-state index contributed by atoms with van der Waals surface area (Å²) in [7, 11) is 5.42. The smallest absolute Gasteiger partial charge is 0.205 e. The summed E-state index contributed by atoms with van der Waals surface area (Å²) in [5.74, 6) is 1.73. The Labute approximate surface area is 160 Å². The number of hydrogen-bond donors (Lipinski definition) is 0. The van der Waals surface area contributed by atoms with Crippen molar-refractivity contribution in [3.63, 3.8) is 0 Å². The molecule has 0 saturated heterocycles. The maximum absolute atomic E-state index is 5.20. The Morgan fingerprint density at radius 1 is 0.593 bits per heavy atom. The molecule has 0 radical (unpaired) electrons. The molecule has 136 valence electrons. The van der Waals surface area contributed by atoms with E-state index in [-0.39, 0.29) is 0 Å². The molecule has 0 unspecified atom stereocenters. The largest absolute Gasteiger partial charge is 0.497 e. The first-order chi connectivity index (χ1) is 13.2. The zero-order chi connectivity index (χ0) is 19.1. The topological polar surface area (TPSA) is 22.3 Å². The van der Waals surface area contributed by atoms with Crippen LogP contribution < -0.4 is 14.0 Å². The lowest BCUT2D eigenvalue weighted by Gasteiger charge is -2.01. The molecule has 0 aliphatic rings. The van der Waals surface area contributed by atoms with E-state index in [1.807, 2.05) is 48.5 Å². The first kappa shape index (κ1) is 18.5. The van der Waals surface area contributed by atoms with Crippen LogP contribution in [0.2, 0.25) is 0 Å². The third kappa shape index (κ3) is 4.85. The van der Waals surface area contributed by atoms with Crippen LogP contribution in [-0.2, 0) is 7.05 Å². The lowest BCUT2D eigenvalue weighted by Crippen LogP contribution is -2.35. The minimum absolute atomic E-state index is 0.864. The number of ether oxygens (including phenoxy) is 2. The molecule has 0 aliphatic carbocycles. The Morgan fingerprint density at radius 3 is 1.37 bits per heavy atom. The molecule has 0 atom stereocenters. The predicted octanol–water partition coefficient (Wildman–Crippen LogP) is 4.87. The van der Waals surface area contributed by atoms with Crippen LogP contribution in [0.5, 0.6) is 11.5 Å². The molecule has 0 fully saturated rings. The van der Waals surface area contributed by atoms with Crippen LogP contribution in [0.4, 0.5) is 0 Å². The first-order valence-electron chi connectivity index (χ1n) is 8.83. The van der Waals surface area contributed by atoms with Crippen molar-refractivity contribution in [2.75, 3.05) is 14.2 Å². The highest BCUT2D eigenvalue weighted by molar-refractivity contribution is 5.69. The summed E-state index contributed by atoms with van der Waals surface area (Å²) >= 11 is 0. The van der Waals surface area contributed by atoms with Crippen molar-refractivity contribution in [3.8, 4) is 11.5 Å². The fourth-order valence-corrected chi connectivity index (χ4v) is 2.75. The molecule has 0 spiro atoms. The van der Waals surface area contributed by atoms with Gasteiger partial charge in [-0.2, -0.15) is 4.57 Å². The molecule has 3 heteroatoms. The van der Waals surface area contributed by atoms with Crippen LogP contribution >= 0.6 is 0 Å². The minimum atomic E-state index is 0.864. The highest BCUT2D eigenvalue weighted by atomic mass is 16.5. The van der Waals surface area contributed by atoms with Gasteiger partial charge in [0.05, 0.1) is 14.2 Å². The SMILES string of the molecule is COc1ccc(C=Cc2cccc(C=Cc3ccc(OC)cc3)[n+]2C)cc1. The third-order valence-corrected chi connectivity index (χ3v) is 4.43. The number of pyridine rings is 1. The maximum Gasteiger partial charge on any atom is 0.205 e. The van der Waals surface area contributed by atoms with E-state index in [4.69, 9.17) is 9.47 Å². The Kier molecular flexibility index (Phi) is 6.06. The predicted molar refractivity (Wildman–Crippen MR) is 111 cm³/mol. The van der Waals surface area contributed by atoms with Crippen LogP contribution in [0.15, 0.2) is 66.7 Å². The van der Waals surface area contributed by atoms with E-state index in [0.29, 0.717) is 0 Å². The second-order valence-corrected chi connectivity index (χ2v) is 6.15. The molecule has 3 aromatic rings. The van der Waals surface area contributed by atoms with Crippen molar-refractivity contribution in [3.05, 3.63) is 89.2 Å². The number of aromatic nitrogens is 1. The van der Waals surface area contributed by atoms with Gasteiger partial charge in [-0.05, 0) is 53.6 Å². The van der Waals surface area contributed by atoms with Gasteiger partial charge >= 0.3 is 0 Å². The van der Waals surface area contributed by atoms with Crippen LogP contribution in [0.1, 0.15) is 22.5 Å². The molecule has 3 rings (SSSR count). The minimum Gasteiger partial charge on any atom is -0.497 e. The van der Waals surface area contributed by atoms with Crippen LogP contribution in [-0.4, -0.2) is 14.2 Å². The van der Waals surface area contributed by atoms with Crippen molar-refractivity contribution in [1.29, 1.82) is 0 Å². The Morgan fingerprint density at radius 2 is 1.00 bits per heavy atom. The second kappa shape index (κ2) is 8.86. The lowest BCUT2D eigenvalue weighted by molar-refractivity contribution is -0.675. The third-order valence-electron chi connectivity index (χ3n) is 4.43. The van der Waals surface area contributed by atoms with Crippen molar-refractivity contribution in [2.24, 2.45) is 7.05 Å². The van der Waals surface area contributed by atoms with Crippen LogP contribution in [0, 0.1) is 0 Å². The number of nitrogens with zero attached hydrogens (tertiary/aromatic N) is 1. The number of rotatable bonds is 6. The lowest BCUT2D eigenvalue weighted by atomic mass is 10.1. The molecular formula is C24H24NO2+. The maximum atomic E-state index is 5.20. The molecule has 2 aromatic carbocycles. The average Bonchev–Trinajstić information content (AvgIpc) is 2.73. The molecule has 1 aromatic heterocycles. The van der Waals surface area contributed by atoms with Crippen LogP contribution in [0.3, 0.4) is 0 Å². The van der Waals surface area contributed by atoms with Gasteiger partial charge in [0.2, 0.25) is 11.4 Å². The van der Waals surface area contributed by atoms with Crippen LogP contribution in [0.25, 0.3) is 24.3 Å². The highest BCUT2D eigenvalue weighted by Gasteiger charge is 2.07. The molecule has 0 saturated carbocycles. The van der Waals surface area contributed by atoms with Gasteiger partial charge in [0, 0.05) is 24.3 Å². The summed E-state index contributed by atoms with van der Waals surface area (Å²) in [6.07, 6.45) is 8.44. The zero-order valence-corrected chi connectivity index (χ0v) is 15.9. The fraction of sp³-hybridized carbons (Fsp3) is 0.125. The quantitative estimate of drug-likeness (QED) is 0.587. The van der Waals surface area contributed by atoms with Gasteiger partial charge in [0.15, 0.2) is 0 Å². The molecule has 0 bridgehead atoms. The normalized spacial score (nSPS) is 11.2. The summed E-state index contributed by atoms with van der Waals surface area (Å²) in [6.45, 7) is 0. The summed E-state index contributed by atoms with van der Waals surface area (Å²) < 4.78 is 12.6. The summed E-state index contributed by atoms with van der Waals surface area (Å²) in [5.41, 5.74) is 4.52. The van der Waals surface area contributed by atoms with Gasteiger partial charge in [-0.3, -0.25) is 0 Å². The van der Waals surface area contributed by atoms with Gasteiger partial charge in [-0.1, -0.05) is 24.3 Å². The fourth-order valence-electron chi connectivity index (χ4n) is 2.75. The Balaban J connectivity index is 1.78. The van der Waals surface area contributed by atoms with Gasteiger partial charge < -0.3 is 9.47 Å². The summed E-state index contributed by atoms with van der Waals surface area (Å²) in [6, 6.07) is 22.3. The van der Waals surface area contributed by atoms with E-state index in [9.17, 15) is 0 Å². The molecule has 1 heterocycles. The van der Waals surface area contributed by atoms with Crippen molar-refractivity contribution >= 4 is 24.3 Å². The van der Waals surface area contributed by atoms with E-state index in [1.165, 1.54) is 0 Å². The standard InChI is InChI=1S/C24H24NO2/c1-25-21(13-7-19-9-15-23(26-2)16-10-19)5-4-6-22(25)14-8-20-11-17-24(27-3)18-12-20/h4-18H,1-3H3/q+1. The number of methoxy groups -OCH3 is 2. The second-order valence-electron chi connectivity index (χ2n) is 6.15. The van der Waals surface area contributed by atoms with Crippen molar-refractivity contribution < 1.29 is 14.0 Å². The highest BCUT2D eigenvalue weighted by Crippen LogP contribution is 2.15. The van der Waals surface area contributed by atoms with E-state index in [0.717, 1.165) is 34.0 Å². The van der Waals surface area contributed by atoms with Crippen molar-refractivity contribution in [1.82, 2.24) is 0 Å². The molecule has 3 nitrogen and oxygen atoms in total. The van der Waals surface area contributed by atoms with E-state index < -0.39 is 0 Å². The zero-order valence-electron chi connectivity index (χ0n) is 15.9.